The number of benzene rings is 2. The van der Waals surface area contributed by atoms with E-state index in [4.69, 9.17) is 9.57 Å². The maximum atomic E-state index is 12.2. The van der Waals surface area contributed by atoms with Gasteiger partial charge < -0.3 is 14.3 Å². The van der Waals surface area contributed by atoms with Crippen LogP contribution in [-0.2, 0) is 4.84 Å². The Morgan fingerprint density at radius 1 is 1.07 bits per heavy atom. The first kappa shape index (κ1) is 17.8. The number of ether oxygens (including phenoxy) is 2. The van der Waals surface area contributed by atoms with Crippen LogP contribution in [-0.4, -0.2) is 32.9 Å². The van der Waals surface area contributed by atoms with Gasteiger partial charge in [0.1, 0.15) is 11.5 Å². The molecule has 144 valence electrons. The number of oxime groups is 1. The number of aromatic amines is 1. The number of hydrogen-bond acceptors (Lipinski definition) is 7. The number of tetrazole rings is 1. The van der Waals surface area contributed by atoms with Crippen molar-refractivity contribution in [3.63, 3.8) is 0 Å². The van der Waals surface area contributed by atoms with Gasteiger partial charge in [-0.05, 0) is 40.3 Å². The van der Waals surface area contributed by atoms with Crippen LogP contribution in [0.5, 0.6) is 11.5 Å². The fraction of sp³-hybridized carbons (Fsp3) is 0.176. The van der Waals surface area contributed by atoms with Gasteiger partial charge in [-0.15, -0.1) is 18.3 Å². The Balaban J connectivity index is 1.39. The molecule has 1 atom stereocenters. The van der Waals surface area contributed by atoms with E-state index in [0.717, 1.165) is 5.56 Å². The molecule has 0 aliphatic carbocycles. The van der Waals surface area contributed by atoms with Crippen molar-refractivity contribution in [3.8, 4) is 22.9 Å². The van der Waals surface area contributed by atoms with Crippen LogP contribution in [0.25, 0.3) is 11.4 Å². The number of rotatable bonds is 4. The Morgan fingerprint density at radius 2 is 1.89 bits per heavy atom. The number of nitrogens with one attached hydrogen (secondary N) is 1. The summed E-state index contributed by atoms with van der Waals surface area (Å²) in [5.41, 5.74) is 1.39. The van der Waals surface area contributed by atoms with Gasteiger partial charge in [-0.3, -0.25) is 0 Å². The molecule has 0 bridgehead atoms. The molecule has 3 aromatic rings. The quantitative estimate of drug-likeness (QED) is 0.730. The highest BCUT2D eigenvalue weighted by molar-refractivity contribution is 5.80. The van der Waals surface area contributed by atoms with E-state index in [0.29, 0.717) is 29.5 Å². The van der Waals surface area contributed by atoms with Crippen molar-refractivity contribution < 1.29 is 27.5 Å². The summed E-state index contributed by atoms with van der Waals surface area (Å²) in [6.07, 6.45) is -4.86. The molecule has 1 aromatic heterocycles. The summed E-state index contributed by atoms with van der Waals surface area (Å²) in [5.74, 6) is 1.05. The molecule has 0 saturated heterocycles. The van der Waals surface area contributed by atoms with E-state index < -0.39 is 12.5 Å². The van der Waals surface area contributed by atoms with E-state index in [1.54, 1.807) is 18.2 Å². The van der Waals surface area contributed by atoms with Gasteiger partial charge in [0.05, 0.1) is 6.42 Å². The molecule has 0 saturated carbocycles. The normalized spacial score (nSPS) is 16.4. The van der Waals surface area contributed by atoms with Gasteiger partial charge in [-0.2, -0.15) is 0 Å². The largest absolute Gasteiger partial charge is 0.573 e. The van der Waals surface area contributed by atoms with Crippen LogP contribution >= 0.6 is 0 Å². The third-order valence-corrected chi connectivity index (χ3v) is 3.82. The molecule has 0 radical (unpaired) electrons. The van der Waals surface area contributed by atoms with Crippen LogP contribution in [0.1, 0.15) is 18.1 Å². The highest BCUT2D eigenvalue weighted by Gasteiger charge is 2.31. The molecule has 0 unspecified atom stereocenters. The van der Waals surface area contributed by atoms with E-state index >= 15 is 0 Å². The monoisotopic (exact) mass is 391 g/mol. The van der Waals surface area contributed by atoms with Gasteiger partial charge in [0.25, 0.3) is 0 Å². The second-order valence-corrected chi connectivity index (χ2v) is 5.78. The zero-order chi connectivity index (χ0) is 19.6. The van der Waals surface area contributed by atoms with E-state index in [1.807, 2.05) is 6.07 Å². The minimum atomic E-state index is -4.73. The summed E-state index contributed by atoms with van der Waals surface area (Å²) in [4.78, 5) is 5.33. The highest BCUT2D eigenvalue weighted by atomic mass is 19.4. The second kappa shape index (κ2) is 7.18. The predicted octanol–water partition coefficient (Wildman–Crippen LogP) is 3.62. The van der Waals surface area contributed by atoms with Gasteiger partial charge in [-0.1, -0.05) is 29.4 Å². The number of aromatic nitrogens is 4. The molecule has 1 N–H and O–H groups in total. The van der Waals surface area contributed by atoms with E-state index in [-0.39, 0.29) is 5.75 Å². The number of halogens is 3. The summed E-state index contributed by atoms with van der Waals surface area (Å²) in [6.45, 7) is 0. The molecule has 0 spiro atoms. The molecule has 2 heterocycles. The molecule has 8 nitrogen and oxygen atoms in total. The fourth-order valence-electron chi connectivity index (χ4n) is 2.60. The standard InChI is InChI=1S/C17H12F3N5O3/c18-17(19,20)27-12-6-4-10(5-7-12)14-9-15(23-28-14)26-13-3-1-2-11(8-13)16-21-24-25-22-16/h1-8,14H,9H2,(H,21,22,24,25)/t14-/m1/s1. The summed E-state index contributed by atoms with van der Waals surface area (Å²) in [6, 6.07) is 12.5. The maximum absolute atomic E-state index is 12.2. The smallest absolute Gasteiger partial charge is 0.440 e. The molecule has 28 heavy (non-hydrogen) atoms. The summed E-state index contributed by atoms with van der Waals surface area (Å²) in [7, 11) is 0. The molecular formula is C17H12F3N5O3. The molecule has 4 rings (SSSR count). The average molecular weight is 391 g/mol. The van der Waals surface area contributed by atoms with E-state index in [2.05, 4.69) is 30.5 Å². The molecule has 1 aliphatic heterocycles. The Labute approximate surface area is 155 Å². The molecule has 1 aliphatic rings. The summed E-state index contributed by atoms with van der Waals surface area (Å²) in [5, 5.41) is 17.4. The SMILES string of the molecule is FC(F)(F)Oc1ccc([C@H]2CC(Oc3cccc(-c4nnn[nH]4)c3)=NO2)cc1. The van der Waals surface area contributed by atoms with Crippen molar-refractivity contribution in [1.29, 1.82) is 0 Å². The number of nitrogens with zero attached hydrogens (tertiary/aromatic N) is 4. The summed E-state index contributed by atoms with van der Waals surface area (Å²) < 4.78 is 46.2. The van der Waals surface area contributed by atoms with Gasteiger partial charge in [0.2, 0.25) is 5.90 Å². The minimum Gasteiger partial charge on any atom is -0.440 e. The maximum Gasteiger partial charge on any atom is 0.573 e. The lowest BCUT2D eigenvalue weighted by Crippen LogP contribution is -2.17. The van der Waals surface area contributed by atoms with Crippen LogP contribution in [0.3, 0.4) is 0 Å². The van der Waals surface area contributed by atoms with Crippen molar-refractivity contribution in [2.75, 3.05) is 0 Å². The average Bonchev–Trinajstić information content (AvgIpc) is 3.33. The van der Waals surface area contributed by atoms with Crippen molar-refractivity contribution in [1.82, 2.24) is 20.6 Å². The Kier molecular flexibility index (Phi) is 4.55. The number of hydrogen-bond donors (Lipinski definition) is 1. The lowest BCUT2D eigenvalue weighted by atomic mass is 10.1. The number of alkyl halides is 3. The van der Waals surface area contributed by atoms with Gasteiger partial charge in [0, 0.05) is 5.56 Å². The van der Waals surface area contributed by atoms with E-state index in [1.165, 1.54) is 24.3 Å². The van der Waals surface area contributed by atoms with Crippen molar-refractivity contribution in [2.45, 2.75) is 18.9 Å². The lowest BCUT2D eigenvalue weighted by molar-refractivity contribution is -0.274. The zero-order valence-electron chi connectivity index (χ0n) is 14.1. The molecule has 2 aromatic carbocycles. The molecule has 11 heteroatoms. The molecule has 0 fully saturated rings. The number of H-pyrrole nitrogens is 1. The topological polar surface area (TPSA) is 94.5 Å². The summed E-state index contributed by atoms with van der Waals surface area (Å²) >= 11 is 0. The molecule has 0 amide bonds. The van der Waals surface area contributed by atoms with E-state index in [9.17, 15) is 13.2 Å². The molecular weight excluding hydrogens is 379 g/mol. The zero-order valence-corrected chi connectivity index (χ0v) is 14.1. The third kappa shape index (κ3) is 4.19. The van der Waals surface area contributed by atoms with Crippen LogP contribution in [0.4, 0.5) is 13.2 Å². The second-order valence-electron chi connectivity index (χ2n) is 5.78. The van der Waals surface area contributed by atoms with Crippen molar-refractivity contribution >= 4 is 5.90 Å². The van der Waals surface area contributed by atoms with Gasteiger partial charge in [-0.25, -0.2) is 5.10 Å². The Bertz CT molecular complexity index is 974. The van der Waals surface area contributed by atoms with Gasteiger partial charge >= 0.3 is 6.36 Å². The third-order valence-electron chi connectivity index (χ3n) is 3.82. The van der Waals surface area contributed by atoms with Crippen LogP contribution in [0, 0.1) is 0 Å². The first-order chi connectivity index (χ1) is 13.5. The first-order valence-electron chi connectivity index (χ1n) is 8.07. The first-order valence-corrected chi connectivity index (χ1v) is 8.07. The van der Waals surface area contributed by atoms with Crippen molar-refractivity contribution in [3.05, 3.63) is 54.1 Å². The highest BCUT2D eigenvalue weighted by Crippen LogP contribution is 2.31. The van der Waals surface area contributed by atoms with Gasteiger partial charge in [0.15, 0.2) is 11.9 Å². The predicted molar refractivity (Wildman–Crippen MR) is 89.2 cm³/mol. The fourth-order valence-corrected chi connectivity index (χ4v) is 2.60. The van der Waals surface area contributed by atoms with Crippen molar-refractivity contribution in [2.24, 2.45) is 5.16 Å². The minimum absolute atomic E-state index is 0.301. The van der Waals surface area contributed by atoms with Crippen LogP contribution < -0.4 is 9.47 Å². The Morgan fingerprint density at radius 3 is 2.61 bits per heavy atom. The lowest BCUT2D eigenvalue weighted by Gasteiger charge is -2.11. The van der Waals surface area contributed by atoms with Crippen LogP contribution in [0.15, 0.2) is 53.7 Å². The Hall–Kier alpha value is -3.63. The van der Waals surface area contributed by atoms with Crippen LogP contribution in [0.2, 0.25) is 0 Å².